The lowest BCUT2D eigenvalue weighted by atomic mass is 10.1. The molecule has 0 heterocycles. The molecule has 0 saturated carbocycles. The normalized spacial score (nSPS) is 11.2. The molecule has 1 rings (SSSR count). The van der Waals surface area contributed by atoms with Crippen LogP contribution in [0.5, 0.6) is 0 Å². The minimum absolute atomic E-state index is 0.268. The van der Waals surface area contributed by atoms with Crippen LogP contribution < -0.4 is 5.73 Å². The molecule has 0 aliphatic rings. The number of carbonyl (C=O) groups is 1. The molecule has 1 amide bonds. The van der Waals surface area contributed by atoms with Gasteiger partial charge in [0.25, 0.3) is 0 Å². The summed E-state index contributed by atoms with van der Waals surface area (Å²) in [5, 5.41) is 0. The highest BCUT2D eigenvalue weighted by Crippen LogP contribution is 2.10. The van der Waals surface area contributed by atoms with Gasteiger partial charge in [0.2, 0.25) is 0 Å². The van der Waals surface area contributed by atoms with E-state index in [0.717, 1.165) is 18.4 Å². The highest BCUT2D eigenvalue weighted by atomic mass is 16.6. The van der Waals surface area contributed by atoms with Crippen molar-refractivity contribution in [2.75, 3.05) is 13.6 Å². The second-order valence-electron chi connectivity index (χ2n) is 6.03. The lowest BCUT2D eigenvalue weighted by Gasteiger charge is -2.24. The molecule has 0 fully saturated rings. The zero-order valence-electron chi connectivity index (χ0n) is 13.0. The Morgan fingerprint density at radius 1 is 1.20 bits per heavy atom. The van der Waals surface area contributed by atoms with E-state index in [1.807, 2.05) is 32.9 Å². The Bertz CT molecular complexity index is 421. The topological polar surface area (TPSA) is 55.6 Å². The summed E-state index contributed by atoms with van der Waals surface area (Å²) in [4.78, 5) is 13.4. The van der Waals surface area contributed by atoms with E-state index in [1.165, 1.54) is 5.56 Å². The Hall–Kier alpha value is -1.55. The summed E-state index contributed by atoms with van der Waals surface area (Å²) in [5.74, 6) is 0. The Morgan fingerprint density at radius 3 is 2.25 bits per heavy atom. The third-order valence-electron chi connectivity index (χ3n) is 2.92. The number of ether oxygens (including phenoxy) is 1. The lowest BCUT2D eigenvalue weighted by Crippen LogP contribution is -2.34. The number of hydrogen-bond donors (Lipinski definition) is 1. The number of carbonyl (C=O) groups excluding carboxylic acids is 1. The van der Waals surface area contributed by atoms with E-state index in [1.54, 1.807) is 11.9 Å². The molecule has 0 saturated heterocycles. The standard InChI is InChI=1S/C16H26N2O2/c1-16(2,3)20-15(19)18(4)11-5-6-13-7-9-14(12-17)10-8-13/h7-10H,5-6,11-12,17H2,1-4H3. The van der Waals surface area contributed by atoms with Crippen molar-refractivity contribution in [3.05, 3.63) is 35.4 Å². The van der Waals surface area contributed by atoms with Gasteiger partial charge in [0.15, 0.2) is 0 Å². The zero-order valence-corrected chi connectivity index (χ0v) is 13.0. The first-order valence-corrected chi connectivity index (χ1v) is 7.04. The molecule has 112 valence electrons. The van der Waals surface area contributed by atoms with Gasteiger partial charge in [0, 0.05) is 20.1 Å². The summed E-state index contributed by atoms with van der Waals surface area (Å²) in [5.41, 5.74) is 7.53. The largest absolute Gasteiger partial charge is 0.444 e. The van der Waals surface area contributed by atoms with Crippen LogP contribution in [0.2, 0.25) is 0 Å². The second kappa shape index (κ2) is 7.29. The van der Waals surface area contributed by atoms with Crippen LogP contribution in [0.3, 0.4) is 0 Å². The predicted octanol–water partition coefficient (Wildman–Crippen LogP) is 2.94. The zero-order chi connectivity index (χ0) is 15.2. The smallest absolute Gasteiger partial charge is 0.410 e. The summed E-state index contributed by atoms with van der Waals surface area (Å²) < 4.78 is 5.31. The molecule has 0 bridgehead atoms. The number of nitrogens with zero attached hydrogens (tertiary/aromatic N) is 1. The first-order valence-electron chi connectivity index (χ1n) is 7.04. The molecule has 0 radical (unpaired) electrons. The van der Waals surface area contributed by atoms with Gasteiger partial charge in [0.1, 0.15) is 5.60 Å². The van der Waals surface area contributed by atoms with Crippen molar-refractivity contribution in [3.8, 4) is 0 Å². The number of benzene rings is 1. The van der Waals surface area contributed by atoms with Crippen molar-refractivity contribution in [1.82, 2.24) is 4.90 Å². The molecular formula is C16H26N2O2. The van der Waals surface area contributed by atoms with Crippen molar-refractivity contribution < 1.29 is 9.53 Å². The minimum atomic E-state index is -0.441. The molecule has 0 unspecified atom stereocenters. The predicted molar refractivity (Wildman–Crippen MR) is 81.5 cm³/mol. The van der Waals surface area contributed by atoms with Gasteiger partial charge in [-0.25, -0.2) is 4.79 Å². The van der Waals surface area contributed by atoms with E-state index in [4.69, 9.17) is 10.5 Å². The van der Waals surface area contributed by atoms with Gasteiger partial charge < -0.3 is 15.4 Å². The van der Waals surface area contributed by atoms with Crippen LogP contribution in [-0.2, 0) is 17.7 Å². The third kappa shape index (κ3) is 6.06. The fourth-order valence-corrected chi connectivity index (χ4v) is 1.79. The summed E-state index contributed by atoms with van der Waals surface area (Å²) in [7, 11) is 1.77. The molecule has 1 aromatic carbocycles. The SMILES string of the molecule is CN(CCCc1ccc(CN)cc1)C(=O)OC(C)(C)C. The number of rotatable bonds is 5. The van der Waals surface area contributed by atoms with E-state index in [-0.39, 0.29) is 6.09 Å². The third-order valence-corrected chi connectivity index (χ3v) is 2.92. The number of hydrogen-bond acceptors (Lipinski definition) is 3. The Balaban J connectivity index is 2.34. The Labute approximate surface area is 121 Å². The van der Waals surface area contributed by atoms with Crippen LogP contribution in [0.15, 0.2) is 24.3 Å². The maximum atomic E-state index is 11.8. The average molecular weight is 278 g/mol. The summed E-state index contributed by atoms with van der Waals surface area (Å²) in [6.45, 7) is 6.88. The van der Waals surface area contributed by atoms with Crippen LogP contribution in [0.4, 0.5) is 4.79 Å². The van der Waals surface area contributed by atoms with Gasteiger partial charge in [-0.15, -0.1) is 0 Å². The fraction of sp³-hybridized carbons (Fsp3) is 0.562. The van der Waals surface area contributed by atoms with Gasteiger partial charge in [-0.2, -0.15) is 0 Å². The molecule has 0 spiro atoms. The minimum Gasteiger partial charge on any atom is -0.444 e. The molecular weight excluding hydrogens is 252 g/mol. The summed E-state index contributed by atoms with van der Waals surface area (Å²) in [6.07, 6.45) is 1.59. The molecule has 20 heavy (non-hydrogen) atoms. The number of amides is 1. The Kier molecular flexibility index (Phi) is 6.02. The van der Waals surface area contributed by atoms with E-state index < -0.39 is 5.60 Å². The molecule has 0 atom stereocenters. The van der Waals surface area contributed by atoms with Crippen LogP contribution in [0.1, 0.15) is 38.3 Å². The fourth-order valence-electron chi connectivity index (χ4n) is 1.79. The van der Waals surface area contributed by atoms with Crippen molar-refractivity contribution in [1.29, 1.82) is 0 Å². The van der Waals surface area contributed by atoms with E-state index in [9.17, 15) is 4.79 Å². The number of aryl methyl sites for hydroxylation is 1. The highest BCUT2D eigenvalue weighted by Gasteiger charge is 2.18. The van der Waals surface area contributed by atoms with Crippen LogP contribution in [0.25, 0.3) is 0 Å². The molecule has 0 aromatic heterocycles. The second-order valence-corrected chi connectivity index (χ2v) is 6.03. The van der Waals surface area contributed by atoms with Crippen LogP contribution >= 0.6 is 0 Å². The molecule has 0 aliphatic heterocycles. The average Bonchev–Trinajstić information content (AvgIpc) is 2.37. The molecule has 4 nitrogen and oxygen atoms in total. The maximum absolute atomic E-state index is 11.8. The lowest BCUT2D eigenvalue weighted by molar-refractivity contribution is 0.0297. The maximum Gasteiger partial charge on any atom is 0.410 e. The quantitative estimate of drug-likeness (QED) is 0.901. The van der Waals surface area contributed by atoms with Gasteiger partial charge in [-0.3, -0.25) is 0 Å². The van der Waals surface area contributed by atoms with Crippen molar-refractivity contribution in [2.45, 2.75) is 45.8 Å². The van der Waals surface area contributed by atoms with Gasteiger partial charge in [-0.1, -0.05) is 24.3 Å². The van der Waals surface area contributed by atoms with Crippen molar-refractivity contribution >= 4 is 6.09 Å². The highest BCUT2D eigenvalue weighted by molar-refractivity contribution is 5.67. The van der Waals surface area contributed by atoms with Crippen molar-refractivity contribution in [2.24, 2.45) is 5.73 Å². The molecule has 1 aromatic rings. The molecule has 4 heteroatoms. The van der Waals surface area contributed by atoms with Crippen molar-refractivity contribution in [3.63, 3.8) is 0 Å². The van der Waals surface area contributed by atoms with E-state index >= 15 is 0 Å². The van der Waals surface area contributed by atoms with E-state index in [2.05, 4.69) is 12.1 Å². The number of nitrogens with two attached hydrogens (primary N) is 1. The summed E-state index contributed by atoms with van der Waals surface area (Å²) >= 11 is 0. The molecule has 2 N–H and O–H groups in total. The van der Waals surface area contributed by atoms with E-state index in [0.29, 0.717) is 13.1 Å². The van der Waals surface area contributed by atoms with Crippen LogP contribution in [0, 0.1) is 0 Å². The molecule has 0 aliphatic carbocycles. The monoisotopic (exact) mass is 278 g/mol. The Morgan fingerprint density at radius 2 is 1.75 bits per heavy atom. The van der Waals surface area contributed by atoms with Gasteiger partial charge in [-0.05, 0) is 44.7 Å². The first-order chi connectivity index (χ1) is 9.31. The van der Waals surface area contributed by atoms with Gasteiger partial charge in [0.05, 0.1) is 0 Å². The summed E-state index contributed by atoms with van der Waals surface area (Å²) in [6, 6.07) is 8.28. The first kappa shape index (κ1) is 16.5. The van der Waals surface area contributed by atoms with Gasteiger partial charge >= 0.3 is 6.09 Å². The van der Waals surface area contributed by atoms with Crippen LogP contribution in [-0.4, -0.2) is 30.2 Å².